The Balaban J connectivity index is 1.57. The third-order valence-corrected chi connectivity index (χ3v) is 16.2. The summed E-state index contributed by atoms with van der Waals surface area (Å²) in [4.78, 5) is 69.7. The molecule has 0 unspecified atom stereocenters. The van der Waals surface area contributed by atoms with Gasteiger partial charge in [-0.2, -0.15) is 0 Å². The average molecular weight is 862 g/mol. The zero-order valence-electron chi connectivity index (χ0n) is 30.9. The maximum absolute atomic E-state index is 11.6. The van der Waals surface area contributed by atoms with Gasteiger partial charge < -0.3 is 27.1 Å². The van der Waals surface area contributed by atoms with Gasteiger partial charge in [0.25, 0.3) is 0 Å². The summed E-state index contributed by atoms with van der Waals surface area (Å²) in [5.41, 5.74) is 2.03. The van der Waals surface area contributed by atoms with E-state index in [-0.39, 0.29) is 34.5 Å². The molecule has 1 aliphatic rings. The van der Waals surface area contributed by atoms with Gasteiger partial charge >= 0.3 is 23.0 Å². The molecular weight excluding hydrogens is 831 g/mol. The number of aldehydes is 6. The summed E-state index contributed by atoms with van der Waals surface area (Å²) in [7, 11) is -13.1. The van der Waals surface area contributed by atoms with E-state index in [2.05, 4.69) is 0 Å². The fourth-order valence-corrected chi connectivity index (χ4v) is 14.3. The van der Waals surface area contributed by atoms with E-state index in [1.165, 1.54) is 146 Å². The van der Waals surface area contributed by atoms with Gasteiger partial charge in [0, 0.05) is 33.4 Å². The molecule has 18 heteroatoms. The van der Waals surface area contributed by atoms with E-state index in [9.17, 15) is 28.8 Å². The Hall–Kier alpha value is -7.17. The molecule has 15 nitrogen and oxygen atoms in total. The first-order chi connectivity index (χ1) is 29.2. The summed E-state index contributed by atoms with van der Waals surface area (Å²) in [5.74, 6) is 0.752. The lowest BCUT2D eigenvalue weighted by Gasteiger charge is -2.33. The molecule has 0 aliphatic carbocycles. The normalized spacial score (nSPS) is 14.2. The highest BCUT2D eigenvalue weighted by atomic mass is 31.3. The molecule has 0 fully saturated rings. The molecule has 60 heavy (non-hydrogen) atoms. The van der Waals surface area contributed by atoms with Crippen LogP contribution in [0.1, 0.15) is 62.1 Å². The quantitative estimate of drug-likeness (QED) is 0.0587. The lowest BCUT2D eigenvalue weighted by Crippen LogP contribution is -2.11. The van der Waals surface area contributed by atoms with E-state index >= 15 is 0 Å². The molecule has 0 saturated carbocycles. The second kappa shape index (κ2) is 18.2. The summed E-state index contributed by atoms with van der Waals surface area (Å²) in [6, 6.07) is 36.0. The van der Waals surface area contributed by atoms with Crippen LogP contribution < -0.4 is 27.1 Å². The summed E-state index contributed by atoms with van der Waals surface area (Å²) in [6.07, 6.45) is 3.93. The molecule has 6 aromatic carbocycles. The Bertz CT molecular complexity index is 2230. The number of benzene rings is 6. The highest BCUT2D eigenvalue weighted by molar-refractivity contribution is 7.79. The van der Waals surface area contributed by atoms with Gasteiger partial charge in [-0.05, 0) is 146 Å². The van der Waals surface area contributed by atoms with E-state index in [0.29, 0.717) is 71.1 Å². The van der Waals surface area contributed by atoms with Crippen molar-refractivity contribution < 1.29 is 55.9 Å². The van der Waals surface area contributed by atoms with Crippen molar-refractivity contribution >= 4 is 60.7 Å². The number of hydrogen-bond donors (Lipinski definition) is 0. The highest BCUT2D eigenvalue weighted by Crippen LogP contribution is 2.78. The molecule has 1 aliphatic heterocycles. The Morgan fingerprint density at radius 3 is 0.500 bits per heavy atom. The minimum atomic E-state index is -4.38. The fraction of sp³-hybridized carbons (Fsp3) is 0. The van der Waals surface area contributed by atoms with Gasteiger partial charge in [0.2, 0.25) is 0 Å². The van der Waals surface area contributed by atoms with Crippen LogP contribution in [0.2, 0.25) is 0 Å². The predicted octanol–water partition coefficient (Wildman–Crippen LogP) is 11.2. The van der Waals surface area contributed by atoms with Crippen LogP contribution in [0.15, 0.2) is 159 Å². The van der Waals surface area contributed by atoms with Gasteiger partial charge in [0.05, 0.1) is 0 Å². The number of nitrogens with zero attached hydrogens (tertiary/aromatic N) is 3. The molecule has 0 bridgehead atoms. The first-order valence-corrected chi connectivity index (χ1v) is 22.2. The van der Waals surface area contributed by atoms with Crippen molar-refractivity contribution in [3.05, 3.63) is 179 Å². The third kappa shape index (κ3) is 9.91. The van der Waals surface area contributed by atoms with Crippen LogP contribution in [-0.4, -0.2) is 37.7 Å². The Morgan fingerprint density at radius 2 is 0.383 bits per heavy atom. The van der Waals surface area contributed by atoms with Crippen LogP contribution in [0, 0.1) is 0 Å². The van der Waals surface area contributed by atoms with Gasteiger partial charge in [0.1, 0.15) is 72.2 Å². The van der Waals surface area contributed by atoms with Crippen LogP contribution in [-0.2, 0) is 0 Å². The van der Waals surface area contributed by atoms with Crippen molar-refractivity contribution in [1.82, 2.24) is 0 Å². The first-order valence-electron chi connectivity index (χ1n) is 17.6. The van der Waals surface area contributed by atoms with E-state index in [0.717, 1.165) is 0 Å². The Morgan fingerprint density at radius 1 is 0.250 bits per heavy atom. The zero-order valence-corrected chi connectivity index (χ0v) is 33.6. The van der Waals surface area contributed by atoms with Crippen molar-refractivity contribution in [2.45, 2.75) is 0 Å². The maximum Gasteiger partial charge on any atom is 0.460 e. The topological polar surface area (TPSA) is 195 Å². The van der Waals surface area contributed by atoms with Crippen molar-refractivity contribution in [2.24, 2.45) is 13.5 Å². The fourth-order valence-electron chi connectivity index (χ4n) is 5.22. The molecule has 0 spiro atoms. The molecule has 7 rings (SSSR count). The van der Waals surface area contributed by atoms with Crippen LogP contribution in [0.4, 0.5) is 0 Å². The largest absolute Gasteiger partial charge is 0.460 e. The molecule has 0 saturated heterocycles. The standard InChI is InChI=1S/C42H30N3O12P3/c46-25-31-1-13-37(14-2-31)52-58(53-38-15-3-32(26-47)4-16-38)43-59(54-39-17-5-33(27-48)6-18-39,55-40-19-7-34(28-49)8-20-40)45-60(44-58,56-41-21-9-35(29-50)10-22-41)57-42-23-11-36(30-51)12-24-42/h1-30H. The summed E-state index contributed by atoms with van der Waals surface area (Å²) < 4.78 is 55.1. The number of carbonyl (C=O) groups excluding carboxylic acids is 6. The smallest absolute Gasteiger partial charge is 0.413 e. The van der Waals surface area contributed by atoms with Crippen molar-refractivity contribution in [3.8, 4) is 34.5 Å². The average Bonchev–Trinajstić information content (AvgIpc) is 3.27. The molecule has 0 amide bonds. The van der Waals surface area contributed by atoms with E-state index in [1.807, 2.05) is 0 Å². The van der Waals surface area contributed by atoms with Gasteiger partial charge in [-0.15, -0.1) is 0 Å². The lowest BCUT2D eigenvalue weighted by atomic mass is 10.2. The third-order valence-electron chi connectivity index (χ3n) is 8.12. The molecule has 6 aromatic rings. The van der Waals surface area contributed by atoms with E-state index < -0.39 is 23.0 Å². The lowest BCUT2D eigenvalue weighted by molar-refractivity contribution is 0.111. The molecule has 0 aromatic heterocycles. The minimum absolute atomic E-state index is 0.125. The molecule has 0 N–H and O–H groups in total. The molecule has 0 atom stereocenters. The summed E-state index contributed by atoms with van der Waals surface area (Å²) >= 11 is 0. The van der Waals surface area contributed by atoms with Gasteiger partial charge in [-0.25, -0.2) is 0 Å². The second-order valence-corrected chi connectivity index (χ2v) is 18.6. The first kappa shape index (κ1) is 41.0. The number of carbonyl (C=O) groups is 6. The van der Waals surface area contributed by atoms with Gasteiger partial charge in [0.15, 0.2) is 0 Å². The zero-order chi connectivity index (χ0) is 42.0. The summed E-state index contributed by atoms with van der Waals surface area (Å²) in [6.45, 7) is 0. The molecule has 300 valence electrons. The minimum Gasteiger partial charge on any atom is -0.413 e. The van der Waals surface area contributed by atoms with Gasteiger partial charge in [-0.1, -0.05) is 13.5 Å². The maximum atomic E-state index is 11.6. The van der Waals surface area contributed by atoms with Crippen molar-refractivity contribution in [1.29, 1.82) is 0 Å². The Labute approximate surface area is 342 Å². The predicted molar refractivity (Wildman–Crippen MR) is 223 cm³/mol. The van der Waals surface area contributed by atoms with Gasteiger partial charge in [-0.3, -0.25) is 28.8 Å². The van der Waals surface area contributed by atoms with E-state index in [4.69, 9.17) is 40.7 Å². The summed E-state index contributed by atoms with van der Waals surface area (Å²) in [5, 5.41) is 0. The number of rotatable bonds is 18. The Kier molecular flexibility index (Phi) is 12.4. The van der Waals surface area contributed by atoms with Crippen molar-refractivity contribution in [2.75, 3.05) is 0 Å². The molecular formula is C42H30N3O12P3. The highest BCUT2D eigenvalue weighted by Gasteiger charge is 2.49. The second-order valence-electron chi connectivity index (χ2n) is 12.4. The SMILES string of the molecule is O=Cc1ccc(OP2(Oc3ccc(C=O)cc3)=NP(Oc3ccc(C=O)cc3)(Oc3ccc(C=O)cc3)=NP(Oc3ccc(C=O)cc3)(Oc3ccc(C=O)cc3)=N2)cc1. The van der Waals surface area contributed by atoms with Crippen LogP contribution >= 0.6 is 23.0 Å². The monoisotopic (exact) mass is 861 g/mol. The van der Waals surface area contributed by atoms with Crippen LogP contribution in [0.5, 0.6) is 34.5 Å². The molecule has 0 radical (unpaired) electrons. The van der Waals surface area contributed by atoms with Crippen LogP contribution in [0.25, 0.3) is 0 Å². The van der Waals surface area contributed by atoms with Crippen molar-refractivity contribution in [3.63, 3.8) is 0 Å². The molecule has 1 heterocycles. The van der Waals surface area contributed by atoms with E-state index in [1.54, 1.807) is 0 Å². The number of hydrogen-bond acceptors (Lipinski definition) is 15. The van der Waals surface area contributed by atoms with Crippen LogP contribution in [0.3, 0.4) is 0 Å².